The van der Waals surface area contributed by atoms with E-state index in [0.717, 1.165) is 25.2 Å². The van der Waals surface area contributed by atoms with Gasteiger partial charge in [-0.05, 0) is 30.7 Å². The minimum atomic E-state index is 0.0647. The Kier molecular flexibility index (Phi) is 4.68. The molecule has 0 atom stereocenters. The third kappa shape index (κ3) is 4.33. The number of hydrogen-bond donors (Lipinski definition) is 2. The summed E-state index contributed by atoms with van der Waals surface area (Å²) in [4.78, 5) is 0. The normalized spacial score (nSPS) is 11.8. The van der Waals surface area contributed by atoms with Crippen LogP contribution in [0.15, 0.2) is 30.5 Å². The zero-order valence-corrected chi connectivity index (χ0v) is 13.3. The lowest BCUT2D eigenvalue weighted by atomic mass is 9.89. The van der Waals surface area contributed by atoms with Gasteiger partial charge in [-0.2, -0.15) is 5.10 Å². The van der Waals surface area contributed by atoms with Crippen LogP contribution in [0.1, 0.15) is 37.6 Å². The highest BCUT2D eigenvalue weighted by atomic mass is 16.3. The van der Waals surface area contributed by atoms with Crippen LogP contribution in [-0.2, 0) is 25.4 Å². The van der Waals surface area contributed by atoms with E-state index in [1.54, 1.807) is 12.1 Å². The van der Waals surface area contributed by atoms with E-state index in [1.165, 1.54) is 11.1 Å². The summed E-state index contributed by atoms with van der Waals surface area (Å²) in [5.41, 5.74) is 3.70. The Morgan fingerprint density at radius 1 is 1.19 bits per heavy atom. The zero-order chi connectivity index (χ0) is 15.5. The fourth-order valence-electron chi connectivity index (χ4n) is 2.42. The SMILES string of the molecule is Cn1cc(CNCCc2ccc(O)cc2)c(C(C)(C)C)n1. The van der Waals surface area contributed by atoms with E-state index in [1.807, 2.05) is 23.9 Å². The Labute approximate surface area is 126 Å². The molecular weight excluding hydrogens is 262 g/mol. The Balaban J connectivity index is 1.88. The zero-order valence-electron chi connectivity index (χ0n) is 13.3. The summed E-state index contributed by atoms with van der Waals surface area (Å²) in [7, 11) is 1.97. The molecule has 2 aromatic rings. The lowest BCUT2D eigenvalue weighted by Crippen LogP contribution is -2.20. The number of phenolic OH excluding ortho intramolecular Hbond substituents is 1. The van der Waals surface area contributed by atoms with Crippen LogP contribution in [0.3, 0.4) is 0 Å². The molecule has 0 saturated carbocycles. The Bertz CT molecular complexity index is 579. The fraction of sp³-hybridized carbons (Fsp3) is 0.471. The smallest absolute Gasteiger partial charge is 0.115 e. The van der Waals surface area contributed by atoms with Gasteiger partial charge in [0.2, 0.25) is 0 Å². The Hall–Kier alpha value is -1.81. The first-order valence-electron chi connectivity index (χ1n) is 7.38. The van der Waals surface area contributed by atoms with E-state index in [2.05, 4.69) is 37.4 Å². The number of aromatic nitrogens is 2. The molecule has 0 radical (unpaired) electrons. The Morgan fingerprint density at radius 3 is 2.48 bits per heavy atom. The van der Waals surface area contributed by atoms with Crippen LogP contribution >= 0.6 is 0 Å². The predicted molar refractivity (Wildman–Crippen MR) is 85.4 cm³/mol. The van der Waals surface area contributed by atoms with Crippen molar-refractivity contribution >= 4 is 0 Å². The third-order valence-corrected chi connectivity index (χ3v) is 3.46. The maximum atomic E-state index is 9.26. The molecule has 0 amide bonds. The van der Waals surface area contributed by atoms with Crippen LogP contribution in [0.5, 0.6) is 5.75 Å². The highest BCUT2D eigenvalue weighted by Gasteiger charge is 2.21. The number of aryl methyl sites for hydroxylation is 1. The van der Waals surface area contributed by atoms with Crippen LogP contribution in [-0.4, -0.2) is 21.4 Å². The highest BCUT2D eigenvalue weighted by molar-refractivity contribution is 5.26. The lowest BCUT2D eigenvalue weighted by Gasteiger charge is -2.17. The van der Waals surface area contributed by atoms with Crippen molar-refractivity contribution in [1.82, 2.24) is 15.1 Å². The van der Waals surface area contributed by atoms with Crippen LogP contribution in [0.2, 0.25) is 0 Å². The summed E-state index contributed by atoms with van der Waals surface area (Å²) in [6.07, 6.45) is 3.04. The van der Waals surface area contributed by atoms with Gasteiger partial charge in [-0.3, -0.25) is 4.68 Å². The molecule has 4 heteroatoms. The van der Waals surface area contributed by atoms with E-state index in [0.29, 0.717) is 5.75 Å². The van der Waals surface area contributed by atoms with E-state index in [4.69, 9.17) is 0 Å². The first kappa shape index (κ1) is 15.6. The van der Waals surface area contributed by atoms with Gasteiger partial charge in [-0.15, -0.1) is 0 Å². The molecule has 1 aromatic heterocycles. The molecule has 0 saturated heterocycles. The average molecular weight is 287 g/mol. The van der Waals surface area contributed by atoms with Gasteiger partial charge < -0.3 is 10.4 Å². The summed E-state index contributed by atoms with van der Waals surface area (Å²) in [6.45, 7) is 8.31. The minimum absolute atomic E-state index is 0.0647. The van der Waals surface area contributed by atoms with Gasteiger partial charge in [0, 0.05) is 30.8 Å². The monoisotopic (exact) mass is 287 g/mol. The lowest BCUT2D eigenvalue weighted by molar-refractivity contribution is 0.475. The highest BCUT2D eigenvalue weighted by Crippen LogP contribution is 2.23. The van der Waals surface area contributed by atoms with Crippen molar-refractivity contribution in [3.05, 3.63) is 47.3 Å². The molecule has 0 aliphatic carbocycles. The van der Waals surface area contributed by atoms with Gasteiger partial charge in [0.1, 0.15) is 5.75 Å². The number of nitrogens with one attached hydrogen (secondary N) is 1. The van der Waals surface area contributed by atoms with Gasteiger partial charge >= 0.3 is 0 Å². The molecule has 0 aliphatic rings. The van der Waals surface area contributed by atoms with Crippen molar-refractivity contribution < 1.29 is 5.11 Å². The third-order valence-electron chi connectivity index (χ3n) is 3.46. The summed E-state index contributed by atoms with van der Waals surface area (Å²) < 4.78 is 1.89. The van der Waals surface area contributed by atoms with Crippen molar-refractivity contribution in [3.63, 3.8) is 0 Å². The van der Waals surface area contributed by atoms with Crippen molar-refractivity contribution in [2.75, 3.05) is 6.54 Å². The summed E-state index contributed by atoms with van der Waals surface area (Å²) in [6, 6.07) is 7.38. The van der Waals surface area contributed by atoms with Crippen LogP contribution in [0.4, 0.5) is 0 Å². The molecule has 0 spiro atoms. The largest absolute Gasteiger partial charge is 0.508 e. The fourth-order valence-corrected chi connectivity index (χ4v) is 2.42. The average Bonchev–Trinajstić information content (AvgIpc) is 2.78. The molecule has 2 rings (SSSR count). The predicted octanol–water partition coefficient (Wildman–Crippen LogP) is 2.76. The van der Waals surface area contributed by atoms with Crippen molar-refractivity contribution in [1.29, 1.82) is 0 Å². The number of nitrogens with zero attached hydrogens (tertiary/aromatic N) is 2. The number of aromatic hydroxyl groups is 1. The van der Waals surface area contributed by atoms with E-state index < -0.39 is 0 Å². The first-order chi connectivity index (χ1) is 9.86. The maximum absolute atomic E-state index is 9.26. The molecule has 0 bridgehead atoms. The van der Waals surface area contributed by atoms with Gasteiger partial charge in [-0.25, -0.2) is 0 Å². The van der Waals surface area contributed by atoms with E-state index >= 15 is 0 Å². The quantitative estimate of drug-likeness (QED) is 0.831. The molecule has 1 aromatic carbocycles. The van der Waals surface area contributed by atoms with E-state index in [9.17, 15) is 5.11 Å². The van der Waals surface area contributed by atoms with Gasteiger partial charge in [-0.1, -0.05) is 32.9 Å². The second-order valence-corrected chi connectivity index (χ2v) is 6.52. The molecule has 1 heterocycles. The molecule has 114 valence electrons. The van der Waals surface area contributed by atoms with Gasteiger partial charge in [0.05, 0.1) is 5.69 Å². The van der Waals surface area contributed by atoms with Gasteiger partial charge in [0.15, 0.2) is 0 Å². The van der Waals surface area contributed by atoms with Crippen molar-refractivity contribution in [2.24, 2.45) is 7.05 Å². The molecule has 4 nitrogen and oxygen atoms in total. The second-order valence-electron chi connectivity index (χ2n) is 6.52. The molecule has 0 unspecified atom stereocenters. The van der Waals surface area contributed by atoms with Crippen LogP contribution < -0.4 is 5.32 Å². The van der Waals surface area contributed by atoms with Gasteiger partial charge in [0.25, 0.3) is 0 Å². The first-order valence-corrected chi connectivity index (χ1v) is 7.38. The second kappa shape index (κ2) is 6.31. The summed E-state index contributed by atoms with van der Waals surface area (Å²) in [5.74, 6) is 0.317. The van der Waals surface area contributed by atoms with Crippen molar-refractivity contribution in [3.8, 4) is 5.75 Å². The molecule has 0 aliphatic heterocycles. The topological polar surface area (TPSA) is 50.1 Å². The van der Waals surface area contributed by atoms with Crippen molar-refractivity contribution in [2.45, 2.75) is 39.2 Å². The molecule has 0 fully saturated rings. The standard InChI is InChI=1S/C17H25N3O/c1-17(2,3)16-14(12-20(4)19-16)11-18-10-9-13-5-7-15(21)8-6-13/h5-8,12,18,21H,9-11H2,1-4H3. The van der Waals surface area contributed by atoms with Crippen LogP contribution in [0, 0.1) is 0 Å². The number of benzene rings is 1. The Morgan fingerprint density at radius 2 is 1.86 bits per heavy atom. The van der Waals surface area contributed by atoms with E-state index in [-0.39, 0.29) is 5.41 Å². The van der Waals surface area contributed by atoms with Crippen LogP contribution in [0.25, 0.3) is 0 Å². The summed E-state index contributed by atoms with van der Waals surface area (Å²) in [5, 5.41) is 17.3. The minimum Gasteiger partial charge on any atom is -0.508 e. The molecular formula is C17H25N3O. The molecule has 21 heavy (non-hydrogen) atoms. The molecule has 2 N–H and O–H groups in total. The maximum Gasteiger partial charge on any atom is 0.115 e. The number of rotatable bonds is 5. The number of phenols is 1. The summed E-state index contributed by atoms with van der Waals surface area (Å²) >= 11 is 0. The number of hydrogen-bond acceptors (Lipinski definition) is 3.